The van der Waals surface area contributed by atoms with Crippen molar-refractivity contribution in [3.05, 3.63) is 88.0 Å². The van der Waals surface area contributed by atoms with E-state index in [4.69, 9.17) is 40.6 Å². The minimum atomic E-state index is -0.118. The first-order valence-corrected chi connectivity index (χ1v) is 19.2. The van der Waals surface area contributed by atoms with Gasteiger partial charge in [0.2, 0.25) is 5.75 Å². The van der Waals surface area contributed by atoms with Crippen molar-refractivity contribution in [2.75, 3.05) is 67.5 Å². The Hall–Kier alpha value is -4.13. The van der Waals surface area contributed by atoms with Gasteiger partial charge in [-0.3, -0.25) is 9.80 Å². The summed E-state index contributed by atoms with van der Waals surface area (Å²) in [7, 11) is 11.1. The minimum Gasteiger partial charge on any atom is -0.493 e. The van der Waals surface area contributed by atoms with Gasteiger partial charge >= 0.3 is 0 Å². The molecule has 0 saturated carbocycles. The van der Waals surface area contributed by atoms with Gasteiger partial charge in [0.15, 0.2) is 39.6 Å². The van der Waals surface area contributed by atoms with Crippen LogP contribution in [-0.2, 0) is 25.7 Å². The number of fused-ring (bicyclic) bond motifs is 2. The number of anilines is 1. The molecule has 10 nitrogen and oxygen atoms in total. The molecule has 0 saturated heterocycles. The predicted molar refractivity (Wildman–Crippen MR) is 231 cm³/mol. The third-order valence-electron chi connectivity index (χ3n) is 11.1. The first-order chi connectivity index (χ1) is 26.2. The Morgan fingerprint density at radius 3 is 2.07 bits per heavy atom. The molecule has 0 aromatic heterocycles. The van der Waals surface area contributed by atoms with Crippen LogP contribution in [0, 0.1) is 0 Å². The third-order valence-corrected chi connectivity index (χ3v) is 11.3. The van der Waals surface area contributed by atoms with Crippen molar-refractivity contribution in [3.8, 4) is 46.0 Å². The van der Waals surface area contributed by atoms with Gasteiger partial charge in [-0.25, -0.2) is 0 Å². The van der Waals surface area contributed by atoms with Gasteiger partial charge in [-0.05, 0) is 123 Å². The molecule has 2 atom stereocenters. The number of hydrogen-bond donors (Lipinski definition) is 2. The maximum atomic E-state index is 7.13. The van der Waals surface area contributed by atoms with Gasteiger partial charge in [-0.2, -0.15) is 0 Å². The van der Waals surface area contributed by atoms with Crippen LogP contribution in [0.4, 0.5) is 5.69 Å². The summed E-state index contributed by atoms with van der Waals surface area (Å²) in [6, 6.07) is 18.9. The van der Waals surface area contributed by atoms with Gasteiger partial charge in [0.1, 0.15) is 5.75 Å². The quantitative estimate of drug-likeness (QED) is 0.132. The number of methoxy groups -OCH3 is 4. The minimum absolute atomic E-state index is 0. The second kappa shape index (κ2) is 18.9. The van der Waals surface area contributed by atoms with Gasteiger partial charge in [-0.1, -0.05) is 25.5 Å². The summed E-state index contributed by atoms with van der Waals surface area (Å²) >= 11 is 5.79. The lowest BCUT2D eigenvalue weighted by atomic mass is 9.86. The van der Waals surface area contributed by atoms with Crippen LogP contribution in [0.1, 0.15) is 65.2 Å². The van der Waals surface area contributed by atoms with E-state index < -0.39 is 0 Å². The number of rotatable bonds is 8. The maximum absolute atomic E-state index is 7.13. The van der Waals surface area contributed by atoms with Crippen LogP contribution in [0.15, 0.2) is 54.6 Å². The molecular formula is C43H54Cl2N4O6S. The Kier molecular flexibility index (Phi) is 14.5. The zero-order valence-electron chi connectivity index (χ0n) is 33.3. The van der Waals surface area contributed by atoms with Gasteiger partial charge in [0.05, 0.1) is 28.4 Å². The number of nitrogens with zero attached hydrogens (tertiary/aromatic N) is 2. The Bertz CT molecular complexity index is 2020. The van der Waals surface area contributed by atoms with Crippen LogP contribution in [-0.4, -0.2) is 77.1 Å². The molecule has 4 heterocycles. The van der Waals surface area contributed by atoms with Crippen molar-refractivity contribution in [1.29, 1.82) is 0 Å². The van der Waals surface area contributed by atoms with Gasteiger partial charge in [-0.15, -0.1) is 24.8 Å². The van der Waals surface area contributed by atoms with E-state index in [0.29, 0.717) is 51.8 Å². The number of likely N-dealkylation sites (N-methyl/N-ethyl adjacent to an activating group) is 2. The molecule has 4 aromatic rings. The van der Waals surface area contributed by atoms with Gasteiger partial charge < -0.3 is 39.1 Å². The van der Waals surface area contributed by atoms with Crippen LogP contribution in [0.2, 0.25) is 0 Å². The number of hydrogen-bond acceptors (Lipinski definition) is 9. The summed E-state index contributed by atoms with van der Waals surface area (Å²) in [5, 5.41) is 7.41. The topological polar surface area (TPSA) is 85.9 Å². The predicted octanol–water partition coefficient (Wildman–Crippen LogP) is 9.09. The van der Waals surface area contributed by atoms with E-state index in [9.17, 15) is 0 Å². The van der Waals surface area contributed by atoms with Crippen LogP contribution in [0.25, 0.3) is 0 Å². The van der Waals surface area contributed by atoms with Crippen molar-refractivity contribution >= 4 is 47.8 Å². The monoisotopic (exact) mass is 824 g/mol. The molecule has 13 heteroatoms. The molecule has 0 amide bonds. The third kappa shape index (κ3) is 8.72. The molecule has 8 rings (SSSR count). The van der Waals surface area contributed by atoms with E-state index in [0.717, 1.165) is 79.9 Å². The number of benzene rings is 4. The Balaban J connectivity index is 0.00000300. The summed E-state index contributed by atoms with van der Waals surface area (Å²) in [6.07, 6.45) is 5.25. The van der Waals surface area contributed by atoms with E-state index in [1.165, 1.54) is 16.7 Å². The van der Waals surface area contributed by atoms with Crippen molar-refractivity contribution in [1.82, 2.24) is 15.1 Å². The molecule has 0 unspecified atom stereocenters. The number of thiocarbonyl (C=S) groups is 1. The summed E-state index contributed by atoms with van der Waals surface area (Å²) in [4.78, 5) is 4.80. The first kappa shape index (κ1) is 43.0. The number of nitrogens with one attached hydrogen (secondary N) is 2. The molecule has 4 aliphatic rings. The highest BCUT2D eigenvalue weighted by Gasteiger charge is 2.35. The molecule has 2 N–H and O–H groups in total. The SMILES string of the molecule is CCCCNC(=S)Nc1cc(OC)c2cc1C[C@H]1c3c(cc(OC)c(OC)c3Oc3cc4c(cc3OC)CCN(C)[C@H]4Cc3ccc(cc3)O2)CCN1C.Cl.Cl. The zero-order chi connectivity index (χ0) is 37.9. The molecule has 0 radical (unpaired) electrons. The number of halogens is 2. The lowest BCUT2D eigenvalue weighted by molar-refractivity contribution is 0.220. The highest BCUT2D eigenvalue weighted by molar-refractivity contribution is 7.80. The van der Waals surface area contributed by atoms with E-state index >= 15 is 0 Å². The molecule has 6 bridgehead atoms. The summed E-state index contributed by atoms with van der Waals surface area (Å²) < 4.78 is 37.8. The van der Waals surface area contributed by atoms with Crippen molar-refractivity contribution < 1.29 is 28.4 Å². The lowest BCUT2D eigenvalue weighted by Crippen LogP contribution is -2.34. The number of ether oxygens (including phenoxy) is 6. The molecule has 56 heavy (non-hydrogen) atoms. The molecule has 302 valence electrons. The lowest BCUT2D eigenvalue weighted by Gasteiger charge is -2.37. The van der Waals surface area contributed by atoms with E-state index in [1.807, 2.05) is 18.2 Å². The average Bonchev–Trinajstić information content (AvgIpc) is 3.17. The van der Waals surface area contributed by atoms with Crippen molar-refractivity contribution in [2.24, 2.45) is 0 Å². The van der Waals surface area contributed by atoms with Crippen molar-refractivity contribution in [3.63, 3.8) is 0 Å². The van der Waals surface area contributed by atoms with E-state index in [1.54, 1.807) is 28.4 Å². The Morgan fingerprint density at radius 2 is 1.39 bits per heavy atom. The fraction of sp³-hybridized carbons (Fsp3) is 0.419. The van der Waals surface area contributed by atoms with Gasteiger partial charge in [0, 0.05) is 49.0 Å². The standard InChI is InChI=1S/C43H52N4O6S.2ClH/c1-8-9-16-44-43(54)45-32-25-36(49-5)37-23-29(32)20-34-40-28(15-18-47(34)3)22-39(50-6)41(51-7)42(40)53-38-24-31-27(21-35(38)48-4)14-17-46(2)33(31)19-26-10-12-30(52-37)13-11-26;;/h10-13,21-25,33-34H,8-9,14-20H2,1-7H3,(H2,44,45,54);2*1H/t33-,34-;;/m0../s1. The average molecular weight is 826 g/mol. The van der Waals surface area contributed by atoms with Crippen LogP contribution < -0.4 is 39.1 Å². The number of unbranched alkanes of at least 4 members (excludes halogenated alkanes) is 1. The normalized spacial score (nSPS) is 17.3. The molecule has 4 aromatic carbocycles. The van der Waals surface area contributed by atoms with Crippen LogP contribution >= 0.6 is 37.0 Å². The fourth-order valence-electron chi connectivity index (χ4n) is 8.00. The summed E-state index contributed by atoms with van der Waals surface area (Å²) in [6.45, 7) is 4.74. The van der Waals surface area contributed by atoms with Crippen LogP contribution in [0.3, 0.4) is 0 Å². The fourth-order valence-corrected chi connectivity index (χ4v) is 8.22. The van der Waals surface area contributed by atoms with Crippen molar-refractivity contribution in [2.45, 2.75) is 57.5 Å². The maximum Gasteiger partial charge on any atom is 0.204 e. The summed E-state index contributed by atoms with van der Waals surface area (Å²) in [5.41, 5.74) is 7.73. The highest BCUT2D eigenvalue weighted by Crippen LogP contribution is 2.52. The first-order valence-electron chi connectivity index (χ1n) is 18.8. The van der Waals surface area contributed by atoms with Crippen LogP contribution in [0.5, 0.6) is 46.0 Å². The molecular weight excluding hydrogens is 771 g/mol. The highest BCUT2D eigenvalue weighted by atomic mass is 35.5. The van der Waals surface area contributed by atoms with E-state index in [2.05, 4.69) is 77.9 Å². The second-order valence-corrected chi connectivity index (χ2v) is 14.8. The second-order valence-electron chi connectivity index (χ2n) is 14.4. The largest absolute Gasteiger partial charge is 0.493 e. The zero-order valence-corrected chi connectivity index (χ0v) is 35.7. The molecule has 4 aliphatic heterocycles. The summed E-state index contributed by atoms with van der Waals surface area (Å²) in [5.74, 6) is 5.06. The Morgan fingerprint density at radius 1 is 0.750 bits per heavy atom. The molecule has 0 aliphatic carbocycles. The smallest absolute Gasteiger partial charge is 0.204 e. The molecule has 0 spiro atoms. The Labute approximate surface area is 348 Å². The van der Waals surface area contributed by atoms with Gasteiger partial charge in [0.25, 0.3) is 0 Å². The van der Waals surface area contributed by atoms with E-state index in [-0.39, 0.29) is 36.9 Å². The molecule has 0 fully saturated rings.